The monoisotopic (exact) mass is 362 g/mol. The van der Waals surface area contributed by atoms with Gasteiger partial charge < -0.3 is 9.64 Å². The molecule has 3 rings (SSSR count). The van der Waals surface area contributed by atoms with E-state index in [1.807, 2.05) is 0 Å². The zero-order valence-corrected chi connectivity index (χ0v) is 15.3. The molecule has 0 N–H and O–H groups in total. The van der Waals surface area contributed by atoms with E-state index in [1.165, 1.54) is 12.1 Å². The maximum absolute atomic E-state index is 13.2. The zero-order chi connectivity index (χ0) is 18.5. The highest BCUT2D eigenvalue weighted by molar-refractivity contribution is 5.80. The number of carbonyl (C=O) groups is 2. The Morgan fingerprint density at radius 3 is 2.62 bits per heavy atom. The van der Waals surface area contributed by atoms with E-state index in [-0.39, 0.29) is 29.7 Å². The molecule has 1 amide bonds. The first kappa shape index (κ1) is 18.8. The Morgan fingerprint density at radius 2 is 1.88 bits per heavy atom. The molecule has 2 atom stereocenters. The van der Waals surface area contributed by atoms with E-state index >= 15 is 0 Å². The van der Waals surface area contributed by atoms with Crippen LogP contribution in [0.3, 0.4) is 0 Å². The minimum absolute atomic E-state index is 0.0630. The first-order valence-corrected chi connectivity index (χ1v) is 9.52. The fourth-order valence-electron chi connectivity index (χ4n) is 4.01. The van der Waals surface area contributed by atoms with Gasteiger partial charge in [0.25, 0.3) is 0 Å². The van der Waals surface area contributed by atoms with E-state index in [4.69, 9.17) is 4.74 Å². The lowest BCUT2D eigenvalue weighted by atomic mass is 9.98. The van der Waals surface area contributed by atoms with Crippen molar-refractivity contribution in [2.24, 2.45) is 5.92 Å². The molecule has 0 unspecified atom stereocenters. The molecule has 6 heteroatoms. The second-order valence-corrected chi connectivity index (χ2v) is 7.11. The molecule has 2 saturated heterocycles. The molecule has 26 heavy (non-hydrogen) atoms. The van der Waals surface area contributed by atoms with Crippen LogP contribution in [0.5, 0.6) is 0 Å². The Hall–Kier alpha value is -1.95. The highest BCUT2D eigenvalue weighted by atomic mass is 19.1. The van der Waals surface area contributed by atoms with Crippen molar-refractivity contribution < 1.29 is 18.7 Å². The molecule has 2 aliphatic heterocycles. The molecule has 2 heterocycles. The fraction of sp³-hybridized carbons (Fsp3) is 0.600. The number of nitrogens with zero attached hydrogens (tertiary/aromatic N) is 2. The second kappa shape index (κ2) is 8.62. The predicted molar refractivity (Wildman–Crippen MR) is 95.9 cm³/mol. The average Bonchev–Trinajstić information content (AvgIpc) is 3.10. The maximum Gasteiger partial charge on any atom is 0.310 e. The standard InChI is InChI=1S/C20H27FN2O3/c1-2-26-20(25)16-5-3-12-23(13-16)19(24)14-22-11-4-6-18(22)15-7-9-17(21)10-8-15/h7-10,16,18H,2-6,11-14H2,1H3/t16-,18-/m1/s1. The van der Waals surface area contributed by atoms with Crippen LogP contribution in [-0.4, -0.2) is 54.5 Å². The van der Waals surface area contributed by atoms with E-state index in [2.05, 4.69) is 4.90 Å². The molecule has 0 aliphatic carbocycles. The highest BCUT2D eigenvalue weighted by Crippen LogP contribution is 2.32. The fourth-order valence-corrected chi connectivity index (χ4v) is 4.01. The third kappa shape index (κ3) is 4.41. The number of carbonyl (C=O) groups excluding carboxylic acids is 2. The molecule has 5 nitrogen and oxygen atoms in total. The van der Waals surface area contributed by atoms with Gasteiger partial charge in [-0.2, -0.15) is 0 Å². The summed E-state index contributed by atoms with van der Waals surface area (Å²) in [6, 6.07) is 6.72. The van der Waals surface area contributed by atoms with Gasteiger partial charge in [-0.05, 0) is 56.8 Å². The number of halogens is 1. The molecular formula is C20H27FN2O3. The first-order valence-electron chi connectivity index (χ1n) is 9.52. The SMILES string of the molecule is CCOC(=O)[C@@H]1CCCN(C(=O)CN2CCC[C@@H]2c2ccc(F)cc2)C1. The number of piperidine rings is 1. The summed E-state index contributed by atoms with van der Waals surface area (Å²) in [6.07, 6.45) is 3.62. The van der Waals surface area contributed by atoms with Crippen LogP contribution in [0.15, 0.2) is 24.3 Å². The van der Waals surface area contributed by atoms with Crippen molar-refractivity contribution >= 4 is 11.9 Å². The highest BCUT2D eigenvalue weighted by Gasteiger charge is 2.32. The summed E-state index contributed by atoms with van der Waals surface area (Å²) in [6.45, 7) is 4.53. The van der Waals surface area contributed by atoms with E-state index < -0.39 is 0 Å². The minimum Gasteiger partial charge on any atom is -0.466 e. The number of esters is 1. The largest absolute Gasteiger partial charge is 0.466 e. The van der Waals surface area contributed by atoms with Gasteiger partial charge in [-0.3, -0.25) is 14.5 Å². The van der Waals surface area contributed by atoms with Gasteiger partial charge in [-0.15, -0.1) is 0 Å². The molecule has 0 spiro atoms. The summed E-state index contributed by atoms with van der Waals surface area (Å²) in [5.74, 6) is -0.588. The molecule has 0 bridgehead atoms. The summed E-state index contributed by atoms with van der Waals surface area (Å²) >= 11 is 0. The smallest absolute Gasteiger partial charge is 0.310 e. The van der Waals surface area contributed by atoms with Gasteiger partial charge in [0.2, 0.25) is 5.91 Å². The van der Waals surface area contributed by atoms with Crippen LogP contribution in [0.4, 0.5) is 4.39 Å². The van der Waals surface area contributed by atoms with Gasteiger partial charge in [0.05, 0.1) is 19.1 Å². The van der Waals surface area contributed by atoms with Crippen molar-refractivity contribution in [3.05, 3.63) is 35.6 Å². The lowest BCUT2D eigenvalue weighted by molar-refractivity contribution is -0.151. The minimum atomic E-state index is -0.243. The van der Waals surface area contributed by atoms with E-state index in [1.54, 1.807) is 24.0 Å². The molecule has 1 aromatic carbocycles. The lowest BCUT2D eigenvalue weighted by Crippen LogP contribution is -2.46. The third-order valence-corrected chi connectivity index (χ3v) is 5.35. The molecule has 0 saturated carbocycles. The number of hydrogen-bond acceptors (Lipinski definition) is 4. The molecular weight excluding hydrogens is 335 g/mol. The van der Waals surface area contributed by atoms with Crippen molar-refractivity contribution in [1.82, 2.24) is 9.80 Å². The first-order chi connectivity index (χ1) is 12.6. The van der Waals surface area contributed by atoms with Crippen molar-refractivity contribution in [1.29, 1.82) is 0 Å². The van der Waals surface area contributed by atoms with Gasteiger partial charge in [0, 0.05) is 19.1 Å². The quantitative estimate of drug-likeness (QED) is 0.756. The molecule has 0 radical (unpaired) electrons. The van der Waals surface area contributed by atoms with Crippen molar-refractivity contribution in [2.75, 3.05) is 32.8 Å². The van der Waals surface area contributed by atoms with Crippen molar-refractivity contribution in [2.45, 2.75) is 38.6 Å². The molecule has 1 aromatic rings. The number of likely N-dealkylation sites (tertiary alicyclic amines) is 2. The summed E-state index contributed by atoms with van der Waals surface area (Å²) in [5, 5.41) is 0. The number of rotatable bonds is 5. The van der Waals surface area contributed by atoms with Crippen LogP contribution >= 0.6 is 0 Å². The van der Waals surface area contributed by atoms with Gasteiger partial charge in [-0.25, -0.2) is 4.39 Å². The van der Waals surface area contributed by atoms with Crippen molar-refractivity contribution in [3.63, 3.8) is 0 Å². The topological polar surface area (TPSA) is 49.9 Å². The van der Waals surface area contributed by atoms with Crippen LogP contribution in [0.2, 0.25) is 0 Å². The lowest BCUT2D eigenvalue weighted by Gasteiger charge is -2.33. The number of ether oxygens (including phenoxy) is 1. The molecule has 2 aliphatic rings. The van der Waals surface area contributed by atoms with Crippen LogP contribution in [0.1, 0.15) is 44.2 Å². The Kier molecular flexibility index (Phi) is 6.25. The van der Waals surface area contributed by atoms with Crippen LogP contribution in [0, 0.1) is 11.7 Å². The van der Waals surface area contributed by atoms with Crippen LogP contribution < -0.4 is 0 Å². The Labute approximate surface area is 154 Å². The van der Waals surface area contributed by atoms with E-state index in [0.717, 1.165) is 37.8 Å². The summed E-state index contributed by atoms with van der Waals surface area (Å²) in [5.41, 5.74) is 1.06. The Balaban J connectivity index is 1.59. The molecule has 142 valence electrons. The molecule has 2 fully saturated rings. The Bertz CT molecular complexity index is 634. The van der Waals surface area contributed by atoms with Gasteiger partial charge in [-0.1, -0.05) is 12.1 Å². The Morgan fingerprint density at radius 1 is 1.15 bits per heavy atom. The van der Waals surface area contributed by atoms with E-state index in [0.29, 0.717) is 26.2 Å². The number of amides is 1. The normalized spacial score (nSPS) is 23.8. The van der Waals surface area contributed by atoms with Crippen LogP contribution in [-0.2, 0) is 14.3 Å². The van der Waals surface area contributed by atoms with Gasteiger partial charge >= 0.3 is 5.97 Å². The van der Waals surface area contributed by atoms with Crippen LogP contribution in [0.25, 0.3) is 0 Å². The average molecular weight is 362 g/mol. The predicted octanol–water partition coefficient (Wildman–Crippen LogP) is 2.76. The second-order valence-electron chi connectivity index (χ2n) is 7.11. The summed E-state index contributed by atoms with van der Waals surface area (Å²) in [4.78, 5) is 28.7. The summed E-state index contributed by atoms with van der Waals surface area (Å²) < 4.78 is 18.3. The van der Waals surface area contributed by atoms with Crippen molar-refractivity contribution in [3.8, 4) is 0 Å². The summed E-state index contributed by atoms with van der Waals surface area (Å²) in [7, 11) is 0. The zero-order valence-electron chi connectivity index (χ0n) is 15.3. The van der Waals surface area contributed by atoms with E-state index in [9.17, 15) is 14.0 Å². The number of benzene rings is 1. The van der Waals surface area contributed by atoms with Gasteiger partial charge in [0.15, 0.2) is 0 Å². The van der Waals surface area contributed by atoms with Gasteiger partial charge in [0.1, 0.15) is 5.82 Å². The number of hydrogen-bond donors (Lipinski definition) is 0. The molecule has 0 aromatic heterocycles. The third-order valence-electron chi connectivity index (χ3n) is 5.35. The maximum atomic E-state index is 13.2.